The topological polar surface area (TPSA) is 46.5 Å². The van der Waals surface area contributed by atoms with Crippen LogP contribution in [0.25, 0.3) is 0 Å². The van der Waals surface area contributed by atoms with Gasteiger partial charge in [-0.2, -0.15) is 13.2 Å². The Bertz CT molecular complexity index is 683. The molecule has 1 aromatic carbocycles. The summed E-state index contributed by atoms with van der Waals surface area (Å²) in [4.78, 5) is 12.8. The van der Waals surface area contributed by atoms with Gasteiger partial charge < -0.3 is 9.84 Å². The number of rotatable bonds is 3. The molecule has 4 atom stereocenters. The summed E-state index contributed by atoms with van der Waals surface area (Å²) in [6.07, 6.45) is -0.220. The summed E-state index contributed by atoms with van der Waals surface area (Å²) in [6, 6.07) is 5.16. The van der Waals surface area contributed by atoms with Crippen LogP contribution in [0.15, 0.2) is 24.3 Å². The van der Waals surface area contributed by atoms with Crippen LogP contribution in [0.1, 0.15) is 49.7 Å². The Morgan fingerprint density at radius 1 is 1.16 bits per heavy atom. The van der Waals surface area contributed by atoms with Crippen molar-refractivity contribution in [2.24, 2.45) is 17.3 Å². The third kappa shape index (κ3) is 2.94. The highest BCUT2D eigenvalue weighted by molar-refractivity contribution is 5.77. The van der Waals surface area contributed by atoms with Gasteiger partial charge in [0, 0.05) is 5.56 Å². The van der Waals surface area contributed by atoms with E-state index in [1.54, 1.807) is 0 Å². The van der Waals surface area contributed by atoms with Gasteiger partial charge in [-0.25, -0.2) is 0 Å². The second-order valence-electron chi connectivity index (χ2n) is 8.20. The fraction of sp³-hybridized carbons (Fsp3) is 0.632. The van der Waals surface area contributed by atoms with Crippen LogP contribution in [0, 0.1) is 17.3 Å². The molecule has 1 N–H and O–H groups in total. The first-order valence-corrected chi connectivity index (χ1v) is 8.74. The molecule has 4 aliphatic rings. The fourth-order valence-corrected chi connectivity index (χ4v) is 5.67. The molecule has 0 radical (unpaired) electrons. The largest absolute Gasteiger partial charge is 0.460 e. The molecule has 0 heterocycles. The molecule has 25 heavy (non-hydrogen) atoms. The van der Waals surface area contributed by atoms with Gasteiger partial charge >= 0.3 is 12.1 Å². The summed E-state index contributed by atoms with van der Waals surface area (Å²) in [7, 11) is 0. The molecule has 4 fully saturated rings. The SMILES string of the molecule is O=C(OCc1ccccc1C(F)(F)F)C12C[C@@H]3C[C@@H](CC(O)(C3)C1)C2. The first-order valence-electron chi connectivity index (χ1n) is 8.74. The van der Waals surface area contributed by atoms with E-state index in [0.717, 1.165) is 25.3 Å². The molecule has 4 bridgehead atoms. The molecular formula is C19H21F3O3. The van der Waals surface area contributed by atoms with Crippen molar-refractivity contribution in [1.82, 2.24) is 0 Å². The van der Waals surface area contributed by atoms with Crippen molar-refractivity contribution in [3.8, 4) is 0 Å². The Morgan fingerprint density at radius 3 is 2.40 bits per heavy atom. The number of esters is 1. The zero-order valence-electron chi connectivity index (χ0n) is 13.8. The summed E-state index contributed by atoms with van der Waals surface area (Å²) < 4.78 is 44.5. The molecule has 0 spiro atoms. The zero-order chi connectivity index (χ0) is 17.9. The molecule has 6 heteroatoms. The van der Waals surface area contributed by atoms with Crippen molar-refractivity contribution in [1.29, 1.82) is 0 Å². The monoisotopic (exact) mass is 354 g/mol. The quantitative estimate of drug-likeness (QED) is 0.832. The van der Waals surface area contributed by atoms with E-state index in [9.17, 15) is 23.1 Å². The zero-order valence-corrected chi connectivity index (χ0v) is 13.8. The standard InChI is InChI=1S/C19H21F3O3/c20-19(21,22)15-4-2-1-3-14(15)10-25-16(23)17-6-12-5-13(7-17)9-18(24,8-12)11-17/h1-4,12-13,24H,5-11H2/t12-,13+,17?,18?. The molecule has 4 aliphatic carbocycles. The lowest BCUT2D eigenvalue weighted by Crippen LogP contribution is -2.58. The van der Waals surface area contributed by atoms with Gasteiger partial charge in [0.25, 0.3) is 0 Å². The molecule has 0 saturated heterocycles. The fourth-order valence-electron chi connectivity index (χ4n) is 5.67. The van der Waals surface area contributed by atoms with Crippen molar-refractivity contribution in [3.05, 3.63) is 35.4 Å². The van der Waals surface area contributed by atoms with Crippen LogP contribution in [-0.4, -0.2) is 16.7 Å². The molecule has 1 aromatic rings. The van der Waals surface area contributed by atoms with Crippen LogP contribution in [-0.2, 0) is 22.3 Å². The lowest BCUT2D eigenvalue weighted by Gasteiger charge is -2.58. The molecule has 136 valence electrons. The highest BCUT2D eigenvalue weighted by Crippen LogP contribution is 2.62. The van der Waals surface area contributed by atoms with Crippen LogP contribution < -0.4 is 0 Å². The van der Waals surface area contributed by atoms with Gasteiger partial charge in [0.2, 0.25) is 0 Å². The molecule has 0 aliphatic heterocycles. The highest BCUT2D eigenvalue weighted by Gasteiger charge is 2.60. The van der Waals surface area contributed by atoms with Crippen molar-refractivity contribution >= 4 is 5.97 Å². The van der Waals surface area contributed by atoms with E-state index in [1.165, 1.54) is 18.2 Å². The van der Waals surface area contributed by atoms with Gasteiger partial charge in [-0.05, 0) is 56.4 Å². The lowest BCUT2D eigenvalue weighted by atomic mass is 9.48. The van der Waals surface area contributed by atoms with Gasteiger partial charge in [0.1, 0.15) is 6.61 Å². The minimum absolute atomic E-state index is 0.0354. The van der Waals surface area contributed by atoms with E-state index in [-0.39, 0.29) is 12.2 Å². The predicted octanol–water partition coefficient (Wildman–Crippen LogP) is 4.08. The first kappa shape index (κ1) is 16.9. The number of aliphatic hydroxyl groups is 1. The third-order valence-electron chi connectivity index (χ3n) is 6.14. The van der Waals surface area contributed by atoms with E-state index in [4.69, 9.17) is 4.74 Å². The average Bonchev–Trinajstić information content (AvgIpc) is 2.49. The van der Waals surface area contributed by atoms with Crippen LogP contribution in [0.4, 0.5) is 13.2 Å². The number of alkyl halides is 3. The Hall–Kier alpha value is -1.56. The first-order chi connectivity index (χ1) is 11.7. The van der Waals surface area contributed by atoms with E-state index >= 15 is 0 Å². The van der Waals surface area contributed by atoms with Crippen LogP contribution in [0.5, 0.6) is 0 Å². The molecule has 0 aromatic heterocycles. The smallest absolute Gasteiger partial charge is 0.416 e. The minimum atomic E-state index is -4.47. The second-order valence-corrected chi connectivity index (χ2v) is 8.20. The average molecular weight is 354 g/mol. The van der Waals surface area contributed by atoms with Crippen LogP contribution in [0.3, 0.4) is 0 Å². The molecule has 0 amide bonds. The van der Waals surface area contributed by atoms with E-state index in [2.05, 4.69) is 0 Å². The maximum Gasteiger partial charge on any atom is 0.416 e. The lowest BCUT2D eigenvalue weighted by molar-refractivity contribution is -0.197. The van der Waals surface area contributed by atoms with E-state index in [0.29, 0.717) is 31.1 Å². The Kier molecular flexibility index (Phi) is 3.69. The Balaban J connectivity index is 1.51. The van der Waals surface area contributed by atoms with Gasteiger partial charge in [-0.15, -0.1) is 0 Å². The summed E-state index contributed by atoms with van der Waals surface area (Å²) >= 11 is 0. The summed E-state index contributed by atoms with van der Waals surface area (Å²) in [5, 5.41) is 10.7. The van der Waals surface area contributed by atoms with E-state index < -0.39 is 28.7 Å². The summed E-state index contributed by atoms with van der Waals surface area (Å²) in [5.41, 5.74) is -2.32. The molecule has 3 nitrogen and oxygen atoms in total. The van der Waals surface area contributed by atoms with Crippen molar-refractivity contribution in [2.75, 3.05) is 0 Å². The highest BCUT2D eigenvalue weighted by atomic mass is 19.4. The second kappa shape index (κ2) is 5.47. The summed E-state index contributed by atoms with van der Waals surface area (Å²) in [5.74, 6) is 0.194. The van der Waals surface area contributed by atoms with Crippen molar-refractivity contribution < 1.29 is 27.8 Å². The number of ether oxygens (including phenoxy) is 1. The Labute approximate surface area is 144 Å². The minimum Gasteiger partial charge on any atom is -0.460 e. The number of benzene rings is 1. The normalized spacial score (nSPS) is 36.5. The predicted molar refractivity (Wildman–Crippen MR) is 83.3 cm³/mol. The summed E-state index contributed by atoms with van der Waals surface area (Å²) in [6.45, 7) is -0.385. The van der Waals surface area contributed by atoms with E-state index in [1.807, 2.05) is 0 Å². The van der Waals surface area contributed by atoms with Crippen LogP contribution in [0.2, 0.25) is 0 Å². The number of hydrogen-bond donors (Lipinski definition) is 1. The van der Waals surface area contributed by atoms with Gasteiger partial charge in [0.15, 0.2) is 0 Å². The van der Waals surface area contributed by atoms with Crippen molar-refractivity contribution in [2.45, 2.75) is 56.9 Å². The molecule has 4 saturated carbocycles. The number of carbonyl (C=O) groups is 1. The maximum atomic E-state index is 13.1. The number of hydrogen-bond acceptors (Lipinski definition) is 3. The molecule has 2 unspecified atom stereocenters. The van der Waals surface area contributed by atoms with Gasteiger partial charge in [-0.1, -0.05) is 18.2 Å². The van der Waals surface area contributed by atoms with Gasteiger partial charge in [0.05, 0.1) is 16.6 Å². The third-order valence-corrected chi connectivity index (χ3v) is 6.14. The maximum absolute atomic E-state index is 13.1. The number of halogens is 3. The molecule has 5 rings (SSSR count). The molecular weight excluding hydrogens is 333 g/mol. The van der Waals surface area contributed by atoms with Crippen LogP contribution >= 0.6 is 0 Å². The number of carbonyl (C=O) groups excluding carboxylic acids is 1. The Morgan fingerprint density at radius 2 is 1.80 bits per heavy atom. The van der Waals surface area contributed by atoms with Gasteiger partial charge in [-0.3, -0.25) is 4.79 Å². The van der Waals surface area contributed by atoms with Crippen molar-refractivity contribution in [3.63, 3.8) is 0 Å².